The van der Waals surface area contributed by atoms with Crippen LogP contribution in [0.5, 0.6) is 0 Å². The average Bonchev–Trinajstić information content (AvgIpc) is 3.26. The predicted molar refractivity (Wildman–Crippen MR) is 117 cm³/mol. The zero-order valence-corrected chi connectivity index (χ0v) is 17.8. The summed E-state index contributed by atoms with van der Waals surface area (Å²) in [6, 6.07) is 15.5. The molecule has 2 aromatic carbocycles. The zero-order valence-electron chi connectivity index (χ0n) is 16.1. The maximum absolute atomic E-state index is 12.2. The number of hydrogen-bond acceptors (Lipinski definition) is 5. The highest BCUT2D eigenvalue weighted by Gasteiger charge is 2.19. The fraction of sp³-hybridized carbons (Fsp3) is 0.364. The molecule has 3 rings (SSSR count). The van der Waals surface area contributed by atoms with Crippen molar-refractivity contribution in [3.05, 3.63) is 70.8 Å². The van der Waals surface area contributed by atoms with Crippen LogP contribution in [0.2, 0.25) is 0 Å². The number of amides is 1. The highest BCUT2D eigenvalue weighted by Crippen LogP contribution is 2.45. The smallest absolute Gasteiger partial charge is 0.338 e. The molecule has 0 bridgehead atoms. The van der Waals surface area contributed by atoms with Gasteiger partial charge in [0.05, 0.1) is 16.2 Å². The van der Waals surface area contributed by atoms with Crippen LogP contribution in [-0.4, -0.2) is 30.0 Å². The van der Waals surface area contributed by atoms with E-state index < -0.39 is 5.97 Å². The van der Waals surface area contributed by atoms with Crippen LogP contribution in [0.25, 0.3) is 0 Å². The first-order valence-corrected chi connectivity index (χ1v) is 11.5. The number of nitrogens with one attached hydrogen (secondary N) is 1. The van der Waals surface area contributed by atoms with Gasteiger partial charge in [-0.1, -0.05) is 48.9 Å². The van der Waals surface area contributed by atoms with Crippen molar-refractivity contribution in [1.29, 1.82) is 0 Å². The molecule has 6 heteroatoms. The summed E-state index contributed by atoms with van der Waals surface area (Å²) in [5.41, 5.74) is 3.90. The van der Waals surface area contributed by atoms with Crippen LogP contribution in [0.4, 0.5) is 0 Å². The van der Waals surface area contributed by atoms with E-state index >= 15 is 0 Å². The highest BCUT2D eigenvalue weighted by atomic mass is 32.2. The van der Waals surface area contributed by atoms with Crippen molar-refractivity contribution >= 4 is 35.4 Å². The summed E-state index contributed by atoms with van der Waals surface area (Å²) in [5.74, 6) is 1.55. The first-order chi connectivity index (χ1) is 13.6. The monoisotopic (exact) mass is 415 g/mol. The SMILES string of the molecule is CC[C@@H](NC(=O)COC(=O)c1ccc(C2SCCS2)cc1)c1ccc(C)cc1. The van der Waals surface area contributed by atoms with E-state index in [-0.39, 0.29) is 18.6 Å². The molecule has 0 aliphatic carbocycles. The highest BCUT2D eigenvalue weighted by molar-refractivity contribution is 8.19. The standard InChI is InChI=1S/C22H25NO3S2/c1-3-19(16-6-4-15(2)5-7-16)23-20(24)14-26-21(25)17-8-10-18(11-9-17)22-27-12-13-28-22/h4-11,19,22H,3,12-14H2,1-2H3,(H,23,24)/t19-/m1/s1. The Balaban J connectivity index is 1.50. The van der Waals surface area contributed by atoms with E-state index in [4.69, 9.17) is 4.74 Å². The van der Waals surface area contributed by atoms with E-state index in [2.05, 4.69) is 5.32 Å². The Morgan fingerprint density at radius 1 is 1.07 bits per heavy atom. The van der Waals surface area contributed by atoms with Crippen LogP contribution in [0.3, 0.4) is 0 Å². The summed E-state index contributed by atoms with van der Waals surface area (Å²) in [6.45, 7) is 3.76. The summed E-state index contributed by atoms with van der Waals surface area (Å²) in [5, 5.41) is 2.93. The summed E-state index contributed by atoms with van der Waals surface area (Å²) >= 11 is 3.85. The number of hydrogen-bond donors (Lipinski definition) is 1. The maximum Gasteiger partial charge on any atom is 0.338 e. The Morgan fingerprint density at radius 2 is 1.71 bits per heavy atom. The molecule has 0 radical (unpaired) electrons. The lowest BCUT2D eigenvalue weighted by molar-refractivity contribution is -0.125. The number of aryl methyl sites for hydroxylation is 1. The molecule has 4 nitrogen and oxygen atoms in total. The molecule has 1 aliphatic heterocycles. The number of rotatable bonds is 7. The molecule has 1 fully saturated rings. The van der Waals surface area contributed by atoms with E-state index in [0.29, 0.717) is 10.1 Å². The van der Waals surface area contributed by atoms with Crippen molar-refractivity contribution in [3.63, 3.8) is 0 Å². The van der Waals surface area contributed by atoms with Crippen LogP contribution < -0.4 is 5.32 Å². The van der Waals surface area contributed by atoms with Crippen LogP contribution in [0.1, 0.15) is 51.0 Å². The molecule has 0 spiro atoms. The van der Waals surface area contributed by atoms with Gasteiger partial charge in [-0.2, -0.15) is 0 Å². The second kappa shape index (κ2) is 10.0. The maximum atomic E-state index is 12.2. The van der Waals surface area contributed by atoms with Gasteiger partial charge in [0, 0.05) is 11.5 Å². The molecular formula is C22H25NO3S2. The minimum absolute atomic E-state index is 0.0903. The lowest BCUT2D eigenvalue weighted by atomic mass is 10.0. The van der Waals surface area contributed by atoms with E-state index in [9.17, 15) is 9.59 Å². The number of thioether (sulfide) groups is 2. The van der Waals surface area contributed by atoms with Gasteiger partial charge in [-0.3, -0.25) is 4.79 Å². The first kappa shape index (κ1) is 20.8. The van der Waals surface area contributed by atoms with Gasteiger partial charge in [-0.25, -0.2) is 4.79 Å². The minimum atomic E-state index is -0.475. The van der Waals surface area contributed by atoms with Crippen LogP contribution in [0, 0.1) is 6.92 Å². The second-order valence-corrected chi connectivity index (χ2v) is 9.44. The summed E-state index contributed by atoms with van der Waals surface area (Å²) in [7, 11) is 0. The number of ether oxygens (including phenoxy) is 1. The van der Waals surface area contributed by atoms with Gasteiger partial charge in [-0.15, -0.1) is 23.5 Å². The first-order valence-electron chi connectivity index (χ1n) is 9.43. The van der Waals surface area contributed by atoms with Crippen molar-refractivity contribution < 1.29 is 14.3 Å². The largest absolute Gasteiger partial charge is 0.452 e. The van der Waals surface area contributed by atoms with E-state index in [1.54, 1.807) is 12.1 Å². The van der Waals surface area contributed by atoms with Crippen LogP contribution >= 0.6 is 23.5 Å². The van der Waals surface area contributed by atoms with E-state index in [1.165, 1.54) is 11.1 Å². The fourth-order valence-corrected chi connectivity index (χ4v) is 5.86. The topological polar surface area (TPSA) is 55.4 Å². The van der Waals surface area contributed by atoms with Crippen molar-refractivity contribution in [2.75, 3.05) is 18.1 Å². The Hall–Kier alpha value is -1.92. The number of benzene rings is 2. The van der Waals surface area contributed by atoms with Gasteiger partial charge in [-0.05, 0) is 36.6 Å². The quantitative estimate of drug-likeness (QED) is 0.652. The Labute approximate surface area is 174 Å². The molecule has 1 saturated heterocycles. The third-order valence-electron chi connectivity index (χ3n) is 4.60. The van der Waals surface area contributed by atoms with Crippen molar-refractivity contribution in [3.8, 4) is 0 Å². The van der Waals surface area contributed by atoms with Gasteiger partial charge >= 0.3 is 5.97 Å². The molecule has 2 aromatic rings. The van der Waals surface area contributed by atoms with Crippen molar-refractivity contribution in [2.45, 2.75) is 30.9 Å². The van der Waals surface area contributed by atoms with Gasteiger partial charge in [0.15, 0.2) is 6.61 Å². The Morgan fingerprint density at radius 3 is 2.32 bits per heavy atom. The average molecular weight is 416 g/mol. The molecule has 1 N–H and O–H groups in total. The van der Waals surface area contributed by atoms with Gasteiger partial charge in [0.25, 0.3) is 5.91 Å². The summed E-state index contributed by atoms with van der Waals surface area (Å²) in [6.07, 6.45) is 0.765. The van der Waals surface area contributed by atoms with Gasteiger partial charge in [0.1, 0.15) is 0 Å². The molecule has 28 heavy (non-hydrogen) atoms. The molecule has 0 saturated carbocycles. The van der Waals surface area contributed by atoms with Crippen LogP contribution in [-0.2, 0) is 9.53 Å². The molecule has 1 aliphatic rings. The van der Waals surface area contributed by atoms with Crippen molar-refractivity contribution in [1.82, 2.24) is 5.32 Å². The zero-order chi connectivity index (χ0) is 19.9. The normalized spacial score (nSPS) is 15.2. The van der Waals surface area contributed by atoms with Gasteiger partial charge < -0.3 is 10.1 Å². The Kier molecular flexibility index (Phi) is 7.45. The fourth-order valence-electron chi connectivity index (χ4n) is 3.00. The lowest BCUT2D eigenvalue weighted by Gasteiger charge is -2.17. The number of carbonyl (C=O) groups is 2. The molecular weight excluding hydrogens is 390 g/mol. The summed E-state index contributed by atoms with van der Waals surface area (Å²) in [4.78, 5) is 24.5. The molecule has 1 heterocycles. The third kappa shape index (κ3) is 5.55. The molecule has 0 unspecified atom stereocenters. The van der Waals surface area contributed by atoms with Crippen molar-refractivity contribution in [2.24, 2.45) is 0 Å². The second-order valence-electron chi connectivity index (χ2n) is 6.71. The van der Waals surface area contributed by atoms with Gasteiger partial charge in [0.2, 0.25) is 0 Å². The third-order valence-corrected chi connectivity index (χ3v) is 7.70. The minimum Gasteiger partial charge on any atom is -0.452 e. The lowest BCUT2D eigenvalue weighted by Crippen LogP contribution is -2.32. The molecule has 1 amide bonds. The molecule has 148 valence electrons. The predicted octanol–water partition coefficient (Wildman–Crippen LogP) is 4.90. The summed E-state index contributed by atoms with van der Waals surface area (Å²) < 4.78 is 5.64. The van der Waals surface area contributed by atoms with E-state index in [0.717, 1.165) is 23.5 Å². The molecule has 1 atom stereocenters. The van der Waals surface area contributed by atoms with E-state index in [1.807, 2.05) is 73.8 Å². The van der Waals surface area contributed by atoms with Crippen LogP contribution in [0.15, 0.2) is 48.5 Å². The molecule has 0 aromatic heterocycles. The Bertz CT molecular complexity index is 800. The number of esters is 1. The number of carbonyl (C=O) groups excluding carboxylic acids is 2.